The van der Waals surface area contributed by atoms with Crippen LogP contribution in [0.2, 0.25) is 0 Å². The Labute approximate surface area is 127 Å². The molecular formula is C16H28N4O. The molecule has 5 nitrogen and oxygen atoms in total. The van der Waals surface area contributed by atoms with E-state index in [1.807, 2.05) is 11.9 Å². The van der Waals surface area contributed by atoms with Gasteiger partial charge in [-0.1, -0.05) is 13.5 Å². The topological polar surface area (TPSA) is 50.2 Å². The maximum absolute atomic E-state index is 12.1. The fourth-order valence-electron chi connectivity index (χ4n) is 1.87. The molecule has 0 spiro atoms. The van der Waals surface area contributed by atoms with Crippen LogP contribution in [0.25, 0.3) is 0 Å². The summed E-state index contributed by atoms with van der Waals surface area (Å²) in [4.78, 5) is 14.1. The first-order valence-electron chi connectivity index (χ1n) is 7.43. The van der Waals surface area contributed by atoms with Crippen LogP contribution in [0.3, 0.4) is 0 Å². The molecule has 0 atom stereocenters. The van der Waals surface area contributed by atoms with Gasteiger partial charge in [0.15, 0.2) is 0 Å². The second kappa shape index (κ2) is 7.41. The summed E-state index contributed by atoms with van der Waals surface area (Å²) in [6.07, 6.45) is 2.77. The molecule has 1 aromatic rings. The van der Waals surface area contributed by atoms with Crippen molar-refractivity contribution in [3.05, 3.63) is 34.8 Å². The molecule has 0 amide bonds. The van der Waals surface area contributed by atoms with Crippen molar-refractivity contribution >= 4 is 5.69 Å². The van der Waals surface area contributed by atoms with Crippen LogP contribution < -0.4 is 15.8 Å². The highest BCUT2D eigenvalue weighted by molar-refractivity contribution is 5.41. The lowest BCUT2D eigenvalue weighted by molar-refractivity contribution is 0.437. The normalized spacial score (nSPS) is 11.5. The summed E-state index contributed by atoms with van der Waals surface area (Å²) in [6, 6.07) is 1.63. The number of anilines is 1. The van der Waals surface area contributed by atoms with Crippen molar-refractivity contribution in [2.24, 2.45) is 0 Å². The van der Waals surface area contributed by atoms with E-state index < -0.39 is 0 Å². The van der Waals surface area contributed by atoms with Gasteiger partial charge < -0.3 is 10.2 Å². The number of hydrogen-bond donors (Lipinski definition) is 1. The lowest BCUT2D eigenvalue weighted by atomic mass is 10.1. The lowest BCUT2D eigenvalue weighted by Gasteiger charge is -2.21. The molecule has 1 N–H and O–H groups in total. The first-order valence-corrected chi connectivity index (χ1v) is 7.43. The zero-order valence-electron chi connectivity index (χ0n) is 13.9. The second-order valence-electron chi connectivity index (χ2n) is 6.48. The largest absolute Gasteiger partial charge is 0.373 e. The number of nitrogens with one attached hydrogen (secondary N) is 1. The maximum atomic E-state index is 12.1. The summed E-state index contributed by atoms with van der Waals surface area (Å²) >= 11 is 0. The zero-order chi connectivity index (χ0) is 16.0. The van der Waals surface area contributed by atoms with Gasteiger partial charge in [0.1, 0.15) is 0 Å². The highest BCUT2D eigenvalue weighted by atomic mass is 16.1. The van der Waals surface area contributed by atoms with E-state index in [0.29, 0.717) is 13.1 Å². The van der Waals surface area contributed by atoms with Gasteiger partial charge in [-0.2, -0.15) is 5.10 Å². The van der Waals surface area contributed by atoms with Crippen LogP contribution in [-0.4, -0.2) is 35.5 Å². The molecule has 1 rings (SSSR count). The van der Waals surface area contributed by atoms with E-state index in [0.717, 1.165) is 24.2 Å². The molecule has 0 radical (unpaired) electrons. The smallest absolute Gasteiger partial charge is 0.269 e. The van der Waals surface area contributed by atoms with E-state index in [2.05, 4.69) is 44.7 Å². The standard InChI is InChI=1S/C16H28N4O/c1-7-8-19(6)14-9-15(21)20(18-11-14)12-13(2)10-17-16(3,4)5/h9,11,17H,2,7-8,10,12H2,1,3-6H3. The van der Waals surface area contributed by atoms with Gasteiger partial charge in [0.25, 0.3) is 5.56 Å². The predicted molar refractivity (Wildman–Crippen MR) is 89.0 cm³/mol. The molecule has 0 bridgehead atoms. The van der Waals surface area contributed by atoms with Crippen LogP contribution in [0.5, 0.6) is 0 Å². The van der Waals surface area contributed by atoms with Crippen molar-refractivity contribution in [3.63, 3.8) is 0 Å². The van der Waals surface area contributed by atoms with Gasteiger partial charge in [-0.25, -0.2) is 4.68 Å². The number of hydrogen-bond acceptors (Lipinski definition) is 4. The van der Waals surface area contributed by atoms with Crippen LogP contribution in [0.1, 0.15) is 34.1 Å². The number of nitrogens with zero attached hydrogens (tertiary/aromatic N) is 3. The Balaban J connectivity index is 2.69. The molecule has 0 saturated heterocycles. The Kier molecular flexibility index (Phi) is 6.15. The first-order chi connectivity index (χ1) is 9.73. The summed E-state index contributed by atoms with van der Waals surface area (Å²) in [6.45, 7) is 14.4. The van der Waals surface area contributed by atoms with Gasteiger partial charge in [0.05, 0.1) is 18.4 Å². The minimum absolute atomic E-state index is 0.0358. The van der Waals surface area contributed by atoms with Gasteiger partial charge in [-0.3, -0.25) is 4.79 Å². The minimum Gasteiger partial charge on any atom is -0.373 e. The number of aromatic nitrogens is 2. The Morgan fingerprint density at radius 3 is 2.67 bits per heavy atom. The van der Waals surface area contributed by atoms with Crippen LogP contribution >= 0.6 is 0 Å². The van der Waals surface area contributed by atoms with Crippen molar-refractivity contribution < 1.29 is 0 Å². The van der Waals surface area contributed by atoms with Crippen molar-refractivity contribution in [3.8, 4) is 0 Å². The first kappa shape index (κ1) is 17.4. The molecule has 0 saturated carbocycles. The molecule has 5 heteroatoms. The molecule has 0 unspecified atom stereocenters. The third kappa shape index (κ3) is 6.12. The van der Waals surface area contributed by atoms with Gasteiger partial charge >= 0.3 is 0 Å². The van der Waals surface area contributed by atoms with E-state index in [-0.39, 0.29) is 11.1 Å². The molecule has 0 fully saturated rings. The molecule has 0 aliphatic rings. The minimum atomic E-state index is -0.0904. The second-order valence-corrected chi connectivity index (χ2v) is 6.48. The fraction of sp³-hybridized carbons (Fsp3) is 0.625. The average Bonchev–Trinajstić information content (AvgIpc) is 2.38. The average molecular weight is 292 g/mol. The summed E-state index contributed by atoms with van der Waals surface area (Å²) in [5.74, 6) is 0. The summed E-state index contributed by atoms with van der Waals surface area (Å²) < 4.78 is 1.45. The monoisotopic (exact) mass is 292 g/mol. The molecule has 0 aliphatic heterocycles. The van der Waals surface area contributed by atoms with Crippen molar-refractivity contribution in [2.75, 3.05) is 25.0 Å². The molecular weight excluding hydrogens is 264 g/mol. The van der Waals surface area contributed by atoms with E-state index in [9.17, 15) is 4.79 Å². The molecule has 1 heterocycles. The fourth-order valence-corrected chi connectivity index (χ4v) is 1.87. The van der Waals surface area contributed by atoms with Crippen LogP contribution in [0.15, 0.2) is 29.2 Å². The van der Waals surface area contributed by atoms with Crippen LogP contribution in [0.4, 0.5) is 5.69 Å². The quantitative estimate of drug-likeness (QED) is 0.781. The summed E-state index contributed by atoms with van der Waals surface area (Å²) in [5.41, 5.74) is 1.74. The van der Waals surface area contributed by atoms with Crippen molar-refractivity contribution in [1.82, 2.24) is 15.1 Å². The lowest BCUT2D eigenvalue weighted by Crippen LogP contribution is -2.38. The molecule has 0 aliphatic carbocycles. The van der Waals surface area contributed by atoms with Crippen molar-refractivity contribution in [2.45, 2.75) is 46.2 Å². The molecule has 0 aromatic carbocycles. The number of rotatable bonds is 7. The van der Waals surface area contributed by atoms with E-state index in [4.69, 9.17) is 0 Å². The van der Waals surface area contributed by atoms with Crippen LogP contribution in [-0.2, 0) is 6.54 Å². The van der Waals surface area contributed by atoms with Crippen molar-refractivity contribution in [1.29, 1.82) is 0 Å². The Hall–Kier alpha value is -1.62. The Morgan fingerprint density at radius 2 is 2.14 bits per heavy atom. The van der Waals surface area contributed by atoms with Crippen LogP contribution in [0, 0.1) is 0 Å². The van der Waals surface area contributed by atoms with E-state index in [1.165, 1.54) is 4.68 Å². The molecule has 118 valence electrons. The van der Waals surface area contributed by atoms with E-state index in [1.54, 1.807) is 12.3 Å². The molecule has 1 aromatic heterocycles. The molecule has 21 heavy (non-hydrogen) atoms. The highest BCUT2D eigenvalue weighted by Crippen LogP contribution is 2.07. The van der Waals surface area contributed by atoms with Gasteiger partial charge in [0.2, 0.25) is 0 Å². The maximum Gasteiger partial charge on any atom is 0.269 e. The summed E-state index contributed by atoms with van der Waals surface area (Å²) in [5, 5.41) is 7.60. The highest BCUT2D eigenvalue weighted by Gasteiger charge is 2.10. The third-order valence-corrected chi connectivity index (χ3v) is 3.10. The third-order valence-electron chi connectivity index (χ3n) is 3.10. The van der Waals surface area contributed by atoms with Gasteiger partial charge in [-0.05, 0) is 32.8 Å². The van der Waals surface area contributed by atoms with Gasteiger partial charge in [-0.15, -0.1) is 0 Å². The predicted octanol–water partition coefficient (Wildman–Crippen LogP) is 2.03. The SMILES string of the molecule is C=C(CNC(C)(C)C)Cn1ncc(N(C)CCC)cc1=O. The zero-order valence-corrected chi connectivity index (χ0v) is 13.9. The Bertz CT molecular complexity index is 528. The van der Waals surface area contributed by atoms with E-state index >= 15 is 0 Å². The van der Waals surface area contributed by atoms with Gasteiger partial charge in [0, 0.05) is 31.7 Å². The Morgan fingerprint density at radius 1 is 1.48 bits per heavy atom. The summed E-state index contributed by atoms with van der Waals surface area (Å²) in [7, 11) is 1.97.